The Balaban J connectivity index is 2.13. The molecule has 21 heavy (non-hydrogen) atoms. The highest BCUT2D eigenvalue weighted by molar-refractivity contribution is 5.96. The van der Waals surface area contributed by atoms with E-state index in [0.29, 0.717) is 19.4 Å². The van der Waals surface area contributed by atoms with Crippen LogP contribution < -0.4 is 4.74 Å². The van der Waals surface area contributed by atoms with Gasteiger partial charge in [-0.25, -0.2) is 4.98 Å². The van der Waals surface area contributed by atoms with Crippen LogP contribution in [0.3, 0.4) is 0 Å². The van der Waals surface area contributed by atoms with Crippen molar-refractivity contribution < 1.29 is 27.8 Å². The topological polar surface area (TPSA) is 62.7 Å². The first-order chi connectivity index (χ1) is 9.87. The molecule has 1 N–H and O–H groups in total. The number of halogens is 3. The van der Waals surface area contributed by atoms with Gasteiger partial charge in [0.25, 0.3) is 5.91 Å². The Bertz CT molecular complexity index is 508. The highest BCUT2D eigenvalue weighted by atomic mass is 19.4. The first kappa shape index (κ1) is 15.6. The Labute approximate surface area is 119 Å². The third-order valence-corrected chi connectivity index (χ3v) is 3.06. The van der Waals surface area contributed by atoms with Gasteiger partial charge in [-0.2, -0.15) is 13.2 Å². The summed E-state index contributed by atoms with van der Waals surface area (Å²) in [6.45, 7) is -0.900. The van der Waals surface area contributed by atoms with E-state index >= 15 is 0 Å². The number of hydrogen-bond acceptors (Lipinski definition) is 4. The molecular weight excluding hydrogens is 289 g/mol. The number of amides is 1. The fourth-order valence-electron chi connectivity index (χ4n) is 2.13. The highest BCUT2D eigenvalue weighted by Gasteiger charge is 2.31. The van der Waals surface area contributed by atoms with Gasteiger partial charge < -0.3 is 14.7 Å². The number of hydrogen-bond donors (Lipinski definition) is 1. The molecule has 1 aromatic rings. The zero-order chi connectivity index (χ0) is 15.5. The van der Waals surface area contributed by atoms with Gasteiger partial charge in [-0.1, -0.05) is 0 Å². The fourth-order valence-corrected chi connectivity index (χ4v) is 2.13. The van der Waals surface area contributed by atoms with E-state index in [1.165, 1.54) is 23.2 Å². The summed E-state index contributed by atoms with van der Waals surface area (Å²) in [6, 6.07) is 2.82. The van der Waals surface area contributed by atoms with E-state index in [0.717, 1.165) is 0 Å². The Morgan fingerprint density at radius 1 is 1.52 bits per heavy atom. The number of likely N-dealkylation sites (tertiary alicyclic amines) is 1. The summed E-state index contributed by atoms with van der Waals surface area (Å²) in [5.41, 5.74) is -0.0316. The average molecular weight is 304 g/mol. The molecule has 0 aliphatic carbocycles. The van der Waals surface area contributed by atoms with Crippen molar-refractivity contribution in [2.45, 2.75) is 25.1 Å². The quantitative estimate of drug-likeness (QED) is 0.922. The van der Waals surface area contributed by atoms with E-state index < -0.39 is 24.8 Å². The molecule has 1 amide bonds. The lowest BCUT2D eigenvalue weighted by Crippen LogP contribution is -2.42. The predicted molar refractivity (Wildman–Crippen MR) is 66.9 cm³/mol. The Hall–Kier alpha value is -1.83. The van der Waals surface area contributed by atoms with Gasteiger partial charge in [-0.05, 0) is 25.0 Å². The number of nitrogens with zero attached hydrogens (tertiary/aromatic N) is 2. The fraction of sp³-hybridized carbons (Fsp3) is 0.538. The van der Waals surface area contributed by atoms with Crippen molar-refractivity contribution in [1.82, 2.24) is 9.88 Å². The minimum absolute atomic E-state index is 0.0316. The average Bonchev–Trinajstić information content (AvgIpc) is 2.44. The standard InChI is InChI=1S/C13H15F3N2O3/c14-13(15,16)8-21-11-10(4-1-5-17-11)12(20)18-6-2-3-9(19)7-18/h1,4-5,9,19H,2-3,6-8H2. The number of aromatic nitrogens is 1. The molecule has 0 bridgehead atoms. The van der Waals surface area contributed by atoms with Crippen LogP contribution in [0, 0.1) is 0 Å². The molecule has 0 spiro atoms. The zero-order valence-electron chi connectivity index (χ0n) is 11.1. The largest absolute Gasteiger partial charge is 0.467 e. The Kier molecular flexibility index (Phi) is 4.66. The summed E-state index contributed by atoms with van der Waals surface area (Å²) in [5.74, 6) is -0.834. The van der Waals surface area contributed by atoms with E-state index in [4.69, 9.17) is 0 Å². The molecule has 1 fully saturated rings. The van der Waals surface area contributed by atoms with Crippen molar-refractivity contribution in [3.8, 4) is 5.88 Å². The van der Waals surface area contributed by atoms with Gasteiger partial charge in [0.15, 0.2) is 6.61 Å². The molecule has 5 nitrogen and oxygen atoms in total. The van der Waals surface area contributed by atoms with E-state index in [-0.39, 0.29) is 18.0 Å². The molecule has 2 heterocycles. The van der Waals surface area contributed by atoms with Crippen LogP contribution >= 0.6 is 0 Å². The van der Waals surface area contributed by atoms with Crippen LogP contribution in [-0.4, -0.2) is 52.9 Å². The number of aliphatic hydroxyl groups excluding tert-OH is 1. The molecule has 1 atom stereocenters. The third kappa shape index (κ3) is 4.32. The van der Waals surface area contributed by atoms with Gasteiger partial charge in [0, 0.05) is 19.3 Å². The number of pyridine rings is 1. The second-order valence-electron chi connectivity index (χ2n) is 4.81. The van der Waals surface area contributed by atoms with Crippen LogP contribution in [0.15, 0.2) is 18.3 Å². The van der Waals surface area contributed by atoms with E-state index in [9.17, 15) is 23.1 Å². The highest BCUT2D eigenvalue weighted by Crippen LogP contribution is 2.22. The van der Waals surface area contributed by atoms with E-state index in [1.807, 2.05) is 0 Å². The minimum Gasteiger partial charge on any atom is -0.467 e. The summed E-state index contributed by atoms with van der Waals surface area (Å²) in [6.07, 6.45) is -2.61. The normalized spacial score (nSPS) is 19.4. The van der Waals surface area contributed by atoms with E-state index in [2.05, 4.69) is 9.72 Å². The summed E-state index contributed by atoms with van der Waals surface area (Å²) in [5, 5.41) is 9.57. The van der Waals surface area contributed by atoms with Gasteiger partial charge in [0.1, 0.15) is 5.56 Å². The lowest BCUT2D eigenvalue weighted by atomic mass is 10.1. The molecule has 1 aliphatic heterocycles. The number of carbonyl (C=O) groups excluding carboxylic acids is 1. The molecule has 1 aromatic heterocycles. The summed E-state index contributed by atoms with van der Waals surface area (Å²) >= 11 is 0. The maximum atomic E-state index is 12.3. The number of piperidine rings is 1. The summed E-state index contributed by atoms with van der Waals surface area (Å²) < 4.78 is 41.2. The van der Waals surface area contributed by atoms with Gasteiger partial charge in [-0.15, -0.1) is 0 Å². The van der Waals surface area contributed by atoms with Crippen LogP contribution in [0.5, 0.6) is 5.88 Å². The minimum atomic E-state index is -4.50. The maximum absolute atomic E-state index is 12.3. The van der Waals surface area contributed by atoms with Crippen LogP contribution in [0.4, 0.5) is 13.2 Å². The molecule has 1 saturated heterocycles. The number of alkyl halides is 3. The first-order valence-corrected chi connectivity index (χ1v) is 6.49. The smallest absolute Gasteiger partial charge is 0.422 e. The van der Waals surface area contributed by atoms with Crippen LogP contribution in [0.2, 0.25) is 0 Å². The second kappa shape index (κ2) is 6.30. The van der Waals surface area contributed by atoms with Crippen molar-refractivity contribution in [2.75, 3.05) is 19.7 Å². The Morgan fingerprint density at radius 3 is 2.95 bits per heavy atom. The number of aliphatic hydroxyl groups is 1. The molecule has 0 radical (unpaired) electrons. The number of carbonyl (C=O) groups is 1. The number of ether oxygens (including phenoxy) is 1. The van der Waals surface area contributed by atoms with Crippen LogP contribution in [0.25, 0.3) is 0 Å². The van der Waals surface area contributed by atoms with Crippen LogP contribution in [-0.2, 0) is 0 Å². The van der Waals surface area contributed by atoms with Crippen molar-refractivity contribution in [3.05, 3.63) is 23.9 Å². The monoisotopic (exact) mass is 304 g/mol. The zero-order valence-corrected chi connectivity index (χ0v) is 11.1. The Morgan fingerprint density at radius 2 is 2.29 bits per heavy atom. The summed E-state index contributed by atoms with van der Waals surface area (Å²) in [7, 11) is 0. The number of β-amino-alcohol motifs (C(OH)–C–C–N with tert-alkyl or cyclic N) is 1. The van der Waals surface area contributed by atoms with Crippen molar-refractivity contribution >= 4 is 5.91 Å². The van der Waals surface area contributed by atoms with Gasteiger partial charge in [-0.3, -0.25) is 4.79 Å². The molecular formula is C13H15F3N2O3. The van der Waals surface area contributed by atoms with Crippen LogP contribution in [0.1, 0.15) is 23.2 Å². The molecule has 1 aliphatic rings. The first-order valence-electron chi connectivity index (χ1n) is 6.49. The second-order valence-corrected chi connectivity index (χ2v) is 4.81. The van der Waals surface area contributed by atoms with Gasteiger partial charge >= 0.3 is 6.18 Å². The molecule has 0 aromatic carbocycles. The predicted octanol–water partition coefficient (Wildman–Crippen LogP) is 1.62. The number of rotatable bonds is 3. The maximum Gasteiger partial charge on any atom is 0.422 e. The van der Waals surface area contributed by atoms with E-state index in [1.54, 1.807) is 0 Å². The molecule has 1 unspecified atom stereocenters. The van der Waals surface area contributed by atoms with Gasteiger partial charge in [0.05, 0.1) is 6.10 Å². The lowest BCUT2D eigenvalue weighted by molar-refractivity contribution is -0.154. The summed E-state index contributed by atoms with van der Waals surface area (Å²) in [4.78, 5) is 17.4. The van der Waals surface area contributed by atoms with Gasteiger partial charge in [0.2, 0.25) is 5.88 Å². The molecule has 0 saturated carbocycles. The molecule has 8 heteroatoms. The van der Waals surface area contributed by atoms with Crippen molar-refractivity contribution in [3.63, 3.8) is 0 Å². The molecule has 116 valence electrons. The SMILES string of the molecule is O=C(c1cccnc1OCC(F)(F)F)N1CCCC(O)C1. The van der Waals surface area contributed by atoms with Crippen molar-refractivity contribution in [2.24, 2.45) is 0 Å². The lowest BCUT2D eigenvalue weighted by Gasteiger charge is -2.30. The third-order valence-electron chi connectivity index (χ3n) is 3.06. The molecule has 2 rings (SSSR count). The van der Waals surface area contributed by atoms with Crippen molar-refractivity contribution in [1.29, 1.82) is 0 Å².